The maximum absolute atomic E-state index is 12.4. The van der Waals surface area contributed by atoms with E-state index < -0.39 is 11.7 Å². The average molecular weight is 256 g/mol. The van der Waals surface area contributed by atoms with Crippen molar-refractivity contribution < 1.29 is 17.6 Å². The molecule has 2 rings (SSSR count). The molecule has 18 heavy (non-hydrogen) atoms. The fraction of sp³-hybridized carbons (Fsp3) is 0.250. The second-order valence-corrected chi connectivity index (χ2v) is 3.80. The average Bonchev–Trinajstić information content (AvgIpc) is 2.76. The van der Waals surface area contributed by atoms with Gasteiger partial charge in [0.2, 0.25) is 0 Å². The molecule has 6 heteroatoms. The highest BCUT2D eigenvalue weighted by atomic mass is 19.4. The molecule has 0 aliphatic rings. The third-order valence-electron chi connectivity index (χ3n) is 2.44. The lowest BCUT2D eigenvalue weighted by molar-refractivity contribution is -0.137. The van der Waals surface area contributed by atoms with Crippen LogP contribution in [0.5, 0.6) is 0 Å². The van der Waals surface area contributed by atoms with Gasteiger partial charge >= 0.3 is 6.18 Å². The zero-order chi connectivity index (χ0) is 13.2. The molecule has 0 saturated heterocycles. The number of benzene rings is 1. The number of oxazole rings is 1. The number of hydrogen-bond acceptors (Lipinski definition) is 3. The van der Waals surface area contributed by atoms with Gasteiger partial charge in [-0.1, -0.05) is 12.1 Å². The van der Waals surface area contributed by atoms with Crippen LogP contribution in [0.15, 0.2) is 34.9 Å². The molecule has 0 fully saturated rings. The fourth-order valence-electron chi connectivity index (χ4n) is 1.51. The van der Waals surface area contributed by atoms with E-state index in [-0.39, 0.29) is 6.54 Å². The van der Waals surface area contributed by atoms with Crippen molar-refractivity contribution in [1.82, 2.24) is 4.98 Å². The number of halogens is 3. The summed E-state index contributed by atoms with van der Waals surface area (Å²) in [5.41, 5.74) is 5.40. The van der Waals surface area contributed by atoms with Crippen molar-refractivity contribution in [2.45, 2.75) is 19.1 Å². The Morgan fingerprint density at radius 1 is 1.17 bits per heavy atom. The van der Waals surface area contributed by atoms with Crippen molar-refractivity contribution in [3.8, 4) is 0 Å². The first-order valence-corrected chi connectivity index (χ1v) is 5.29. The molecule has 0 aliphatic heterocycles. The Labute approximate surface area is 101 Å². The van der Waals surface area contributed by atoms with Gasteiger partial charge in [0.1, 0.15) is 5.76 Å². The third kappa shape index (κ3) is 2.89. The van der Waals surface area contributed by atoms with Crippen molar-refractivity contribution in [2.24, 2.45) is 5.73 Å². The first-order chi connectivity index (χ1) is 8.49. The van der Waals surface area contributed by atoms with E-state index in [1.165, 1.54) is 18.3 Å². The summed E-state index contributed by atoms with van der Waals surface area (Å²) >= 11 is 0. The van der Waals surface area contributed by atoms with Crippen molar-refractivity contribution >= 4 is 0 Å². The SMILES string of the molecule is NCc1cnc(Cc2ccc(C(F)(F)F)cc2)o1. The van der Waals surface area contributed by atoms with E-state index in [0.29, 0.717) is 23.6 Å². The molecule has 0 bridgehead atoms. The van der Waals surface area contributed by atoms with E-state index in [2.05, 4.69) is 4.98 Å². The van der Waals surface area contributed by atoms with Crippen LogP contribution in [0.25, 0.3) is 0 Å². The molecule has 2 aromatic rings. The Kier molecular flexibility index (Phi) is 3.38. The van der Waals surface area contributed by atoms with Gasteiger partial charge in [-0.3, -0.25) is 0 Å². The summed E-state index contributed by atoms with van der Waals surface area (Å²) in [4.78, 5) is 3.98. The fourth-order valence-corrected chi connectivity index (χ4v) is 1.51. The Hall–Kier alpha value is -1.82. The van der Waals surface area contributed by atoms with E-state index in [1.54, 1.807) is 0 Å². The zero-order valence-electron chi connectivity index (χ0n) is 9.37. The molecule has 1 heterocycles. The van der Waals surface area contributed by atoms with Crippen LogP contribution in [0, 0.1) is 0 Å². The van der Waals surface area contributed by atoms with Crippen LogP contribution < -0.4 is 5.73 Å². The van der Waals surface area contributed by atoms with E-state index in [9.17, 15) is 13.2 Å². The number of aromatic nitrogens is 1. The molecule has 1 aromatic heterocycles. The predicted octanol–water partition coefficient (Wildman–Crippen LogP) is 2.74. The first kappa shape index (κ1) is 12.6. The minimum absolute atomic E-state index is 0.250. The molecule has 0 atom stereocenters. The van der Waals surface area contributed by atoms with Gasteiger partial charge in [0.05, 0.1) is 18.3 Å². The lowest BCUT2D eigenvalue weighted by Gasteiger charge is -2.06. The predicted molar refractivity (Wildman–Crippen MR) is 58.6 cm³/mol. The summed E-state index contributed by atoms with van der Waals surface area (Å²) in [6.45, 7) is 0.250. The Bertz CT molecular complexity index is 517. The van der Waals surface area contributed by atoms with Crippen molar-refractivity contribution in [3.63, 3.8) is 0 Å². The monoisotopic (exact) mass is 256 g/mol. The van der Waals surface area contributed by atoms with Crippen LogP contribution in [0.2, 0.25) is 0 Å². The van der Waals surface area contributed by atoms with Crippen LogP contribution in [0.3, 0.4) is 0 Å². The van der Waals surface area contributed by atoms with Gasteiger partial charge in [-0.15, -0.1) is 0 Å². The minimum atomic E-state index is -4.31. The van der Waals surface area contributed by atoms with Crippen LogP contribution >= 0.6 is 0 Å². The van der Waals surface area contributed by atoms with Crippen LogP contribution in [-0.4, -0.2) is 4.98 Å². The van der Waals surface area contributed by atoms with Crippen LogP contribution in [-0.2, 0) is 19.1 Å². The van der Waals surface area contributed by atoms with Crippen molar-refractivity contribution in [3.05, 3.63) is 53.2 Å². The van der Waals surface area contributed by atoms with E-state index >= 15 is 0 Å². The zero-order valence-corrected chi connectivity index (χ0v) is 9.37. The number of nitrogens with zero attached hydrogens (tertiary/aromatic N) is 1. The number of nitrogens with two attached hydrogens (primary N) is 1. The summed E-state index contributed by atoms with van der Waals surface area (Å²) in [5, 5.41) is 0. The summed E-state index contributed by atoms with van der Waals surface area (Å²) in [6, 6.07) is 4.91. The van der Waals surface area contributed by atoms with Gasteiger partial charge in [0.25, 0.3) is 0 Å². The summed E-state index contributed by atoms with van der Waals surface area (Å²) in [7, 11) is 0. The highest BCUT2D eigenvalue weighted by Crippen LogP contribution is 2.29. The van der Waals surface area contributed by atoms with Gasteiger partial charge in [-0.2, -0.15) is 13.2 Å². The standard InChI is InChI=1S/C12H11F3N2O/c13-12(14,15)9-3-1-8(2-4-9)5-11-17-7-10(6-16)18-11/h1-4,7H,5-6,16H2. The largest absolute Gasteiger partial charge is 0.444 e. The molecule has 1 aromatic carbocycles. The lowest BCUT2D eigenvalue weighted by Crippen LogP contribution is -2.04. The summed E-state index contributed by atoms with van der Waals surface area (Å²) < 4.78 is 42.3. The molecule has 0 amide bonds. The van der Waals surface area contributed by atoms with Gasteiger partial charge in [0.15, 0.2) is 5.89 Å². The first-order valence-electron chi connectivity index (χ1n) is 5.29. The van der Waals surface area contributed by atoms with Gasteiger partial charge in [-0.25, -0.2) is 4.98 Å². The quantitative estimate of drug-likeness (QED) is 0.918. The molecule has 0 radical (unpaired) electrons. The molecule has 2 N–H and O–H groups in total. The molecule has 0 spiro atoms. The number of alkyl halides is 3. The third-order valence-corrected chi connectivity index (χ3v) is 2.44. The molecule has 0 aliphatic carbocycles. The highest BCUT2D eigenvalue weighted by molar-refractivity contribution is 5.26. The van der Waals surface area contributed by atoms with Gasteiger partial charge < -0.3 is 10.2 Å². The highest BCUT2D eigenvalue weighted by Gasteiger charge is 2.29. The lowest BCUT2D eigenvalue weighted by atomic mass is 10.1. The van der Waals surface area contributed by atoms with E-state index in [0.717, 1.165) is 12.1 Å². The molecule has 0 unspecified atom stereocenters. The number of rotatable bonds is 3. The molecule has 0 saturated carbocycles. The van der Waals surface area contributed by atoms with E-state index in [1.807, 2.05) is 0 Å². The minimum Gasteiger partial charge on any atom is -0.444 e. The summed E-state index contributed by atoms with van der Waals surface area (Å²) in [6.07, 6.45) is -2.45. The maximum Gasteiger partial charge on any atom is 0.416 e. The van der Waals surface area contributed by atoms with E-state index in [4.69, 9.17) is 10.2 Å². The van der Waals surface area contributed by atoms with Crippen LogP contribution in [0.4, 0.5) is 13.2 Å². The normalized spacial score (nSPS) is 11.8. The maximum atomic E-state index is 12.4. The second kappa shape index (κ2) is 4.81. The molecular formula is C12H11F3N2O. The smallest absolute Gasteiger partial charge is 0.416 e. The van der Waals surface area contributed by atoms with Crippen LogP contribution in [0.1, 0.15) is 22.8 Å². The Morgan fingerprint density at radius 3 is 2.33 bits per heavy atom. The number of hydrogen-bond donors (Lipinski definition) is 1. The molecule has 96 valence electrons. The topological polar surface area (TPSA) is 52.0 Å². The van der Waals surface area contributed by atoms with Crippen molar-refractivity contribution in [2.75, 3.05) is 0 Å². The Morgan fingerprint density at radius 2 is 1.83 bits per heavy atom. The van der Waals surface area contributed by atoms with Gasteiger partial charge in [-0.05, 0) is 17.7 Å². The summed E-state index contributed by atoms with van der Waals surface area (Å²) in [5.74, 6) is 0.993. The second-order valence-electron chi connectivity index (χ2n) is 3.80. The molecular weight excluding hydrogens is 245 g/mol. The van der Waals surface area contributed by atoms with Crippen molar-refractivity contribution in [1.29, 1.82) is 0 Å². The van der Waals surface area contributed by atoms with Gasteiger partial charge in [0, 0.05) is 6.42 Å². The molecule has 3 nitrogen and oxygen atoms in total. The Balaban J connectivity index is 2.11.